The van der Waals surface area contributed by atoms with Gasteiger partial charge in [-0.1, -0.05) is 13.0 Å². The molecule has 1 N–H and O–H groups in total. The number of nitrogens with one attached hydrogen (secondary N) is 1. The average molecular weight is 389 g/mol. The summed E-state index contributed by atoms with van der Waals surface area (Å²) in [5.74, 6) is 0.637. The van der Waals surface area contributed by atoms with Crippen molar-refractivity contribution in [3.8, 4) is 0 Å². The minimum Gasteiger partial charge on any atom is -0.339 e. The highest BCUT2D eigenvalue weighted by Gasteiger charge is 2.31. The zero-order valence-electron chi connectivity index (χ0n) is 15.0. The van der Waals surface area contributed by atoms with Gasteiger partial charge in [0, 0.05) is 18.0 Å². The molecule has 2 aromatic heterocycles. The van der Waals surface area contributed by atoms with Gasteiger partial charge in [-0.25, -0.2) is 0 Å². The van der Waals surface area contributed by atoms with Crippen LogP contribution >= 0.6 is 22.7 Å². The predicted molar refractivity (Wildman–Crippen MR) is 108 cm³/mol. The van der Waals surface area contributed by atoms with Crippen LogP contribution in [0.3, 0.4) is 0 Å². The first-order valence-corrected chi connectivity index (χ1v) is 11.1. The Labute approximate surface area is 162 Å². The molecule has 2 amide bonds. The lowest BCUT2D eigenvalue weighted by Gasteiger charge is -2.28. The first-order chi connectivity index (χ1) is 12.6. The zero-order chi connectivity index (χ0) is 18.1. The summed E-state index contributed by atoms with van der Waals surface area (Å²) in [6.45, 7) is 3.93. The lowest BCUT2D eigenvalue weighted by Crippen LogP contribution is -2.36. The maximum Gasteiger partial charge on any atom is 0.266 e. The van der Waals surface area contributed by atoms with E-state index in [1.807, 2.05) is 22.4 Å². The van der Waals surface area contributed by atoms with Gasteiger partial charge in [0.25, 0.3) is 11.8 Å². The van der Waals surface area contributed by atoms with Crippen LogP contribution in [0.5, 0.6) is 0 Å². The number of hydrogen-bond acceptors (Lipinski definition) is 4. The number of hydrogen-bond donors (Lipinski definition) is 1. The quantitative estimate of drug-likeness (QED) is 0.820. The Hall–Kier alpha value is -1.66. The Morgan fingerprint density at radius 2 is 2.04 bits per heavy atom. The van der Waals surface area contributed by atoms with Gasteiger partial charge in [0.05, 0.1) is 10.4 Å². The van der Waals surface area contributed by atoms with Gasteiger partial charge in [-0.3, -0.25) is 9.59 Å². The molecule has 2 aromatic rings. The van der Waals surface area contributed by atoms with Crippen molar-refractivity contribution in [2.24, 2.45) is 5.92 Å². The molecule has 1 saturated heterocycles. The Balaban J connectivity index is 1.68. The zero-order valence-corrected chi connectivity index (χ0v) is 16.7. The van der Waals surface area contributed by atoms with E-state index in [1.165, 1.54) is 28.2 Å². The van der Waals surface area contributed by atoms with Crippen molar-refractivity contribution in [3.05, 3.63) is 38.4 Å². The molecule has 0 saturated carbocycles. The van der Waals surface area contributed by atoms with Crippen LogP contribution < -0.4 is 5.32 Å². The summed E-state index contributed by atoms with van der Waals surface area (Å²) >= 11 is 3.03. The number of likely N-dealkylation sites (tertiary alicyclic amines) is 1. The smallest absolute Gasteiger partial charge is 0.266 e. The number of anilines is 1. The van der Waals surface area contributed by atoms with Crippen molar-refractivity contribution < 1.29 is 9.59 Å². The van der Waals surface area contributed by atoms with E-state index in [2.05, 4.69) is 12.2 Å². The van der Waals surface area contributed by atoms with Gasteiger partial charge in [0.15, 0.2) is 0 Å². The molecule has 26 heavy (non-hydrogen) atoms. The second kappa shape index (κ2) is 7.53. The van der Waals surface area contributed by atoms with Crippen LogP contribution in [0.4, 0.5) is 5.00 Å². The van der Waals surface area contributed by atoms with Gasteiger partial charge < -0.3 is 10.2 Å². The molecular formula is C20H24N2O2S2. The molecule has 138 valence electrons. The van der Waals surface area contributed by atoms with E-state index < -0.39 is 0 Å². The normalized spacial score (nSPS) is 19.9. The van der Waals surface area contributed by atoms with Crippen LogP contribution in [0.25, 0.3) is 0 Å². The summed E-state index contributed by atoms with van der Waals surface area (Å²) in [4.78, 5) is 29.8. The van der Waals surface area contributed by atoms with E-state index >= 15 is 0 Å². The van der Waals surface area contributed by atoms with Crippen molar-refractivity contribution in [2.75, 3.05) is 18.4 Å². The van der Waals surface area contributed by atoms with Gasteiger partial charge in [0.1, 0.15) is 5.00 Å². The summed E-state index contributed by atoms with van der Waals surface area (Å²) in [6.07, 6.45) is 6.41. The van der Waals surface area contributed by atoms with Crippen LogP contribution in [-0.4, -0.2) is 29.8 Å². The number of nitrogens with zero attached hydrogens (tertiary/aromatic N) is 1. The average Bonchev–Trinajstić information content (AvgIpc) is 3.29. The molecule has 6 heteroatoms. The molecule has 3 heterocycles. The van der Waals surface area contributed by atoms with E-state index in [-0.39, 0.29) is 11.8 Å². The molecule has 1 aliphatic carbocycles. The maximum absolute atomic E-state index is 13.3. The number of amides is 2. The number of carbonyl (C=O) groups excluding carboxylic acids is 2. The fourth-order valence-corrected chi connectivity index (χ4v) is 5.91. The molecule has 1 fully saturated rings. The predicted octanol–water partition coefficient (Wildman–Crippen LogP) is 4.81. The summed E-state index contributed by atoms with van der Waals surface area (Å²) in [5.41, 5.74) is 1.95. The van der Waals surface area contributed by atoms with Crippen LogP contribution in [-0.2, 0) is 12.8 Å². The number of rotatable bonds is 3. The fraction of sp³-hybridized carbons (Fsp3) is 0.500. The number of thiophene rings is 2. The van der Waals surface area contributed by atoms with Crippen LogP contribution in [0.1, 0.15) is 63.1 Å². The van der Waals surface area contributed by atoms with Crippen LogP contribution in [0.2, 0.25) is 0 Å². The van der Waals surface area contributed by atoms with E-state index in [1.54, 1.807) is 11.3 Å². The Bertz CT molecular complexity index is 804. The molecular weight excluding hydrogens is 364 g/mol. The van der Waals surface area contributed by atoms with Crippen LogP contribution in [0.15, 0.2) is 17.5 Å². The highest BCUT2D eigenvalue weighted by Crippen LogP contribution is 2.40. The molecule has 2 aliphatic rings. The molecule has 0 bridgehead atoms. The van der Waals surface area contributed by atoms with Crippen molar-refractivity contribution >= 4 is 39.5 Å². The SMILES string of the molecule is C[C@H]1CCc2c(sc(NC(=O)c3cccs3)c2C(=O)N2CCCCC2)C1. The summed E-state index contributed by atoms with van der Waals surface area (Å²) in [5, 5.41) is 5.69. The van der Waals surface area contributed by atoms with Crippen molar-refractivity contribution in [1.29, 1.82) is 0 Å². The largest absolute Gasteiger partial charge is 0.339 e. The fourth-order valence-electron chi connectivity index (χ4n) is 3.89. The Morgan fingerprint density at radius 1 is 1.23 bits per heavy atom. The van der Waals surface area contributed by atoms with Gasteiger partial charge >= 0.3 is 0 Å². The molecule has 1 atom stereocenters. The number of fused-ring (bicyclic) bond motifs is 1. The first kappa shape index (κ1) is 17.7. The van der Waals surface area contributed by atoms with Gasteiger partial charge in [-0.05, 0) is 61.5 Å². The monoisotopic (exact) mass is 388 g/mol. The first-order valence-electron chi connectivity index (χ1n) is 9.42. The third kappa shape index (κ3) is 3.45. The minimum atomic E-state index is -0.112. The Kier molecular flexibility index (Phi) is 5.14. The molecule has 4 nitrogen and oxygen atoms in total. The van der Waals surface area contributed by atoms with Crippen LogP contribution in [0, 0.1) is 5.92 Å². The third-order valence-electron chi connectivity index (χ3n) is 5.34. The van der Waals surface area contributed by atoms with E-state index in [0.717, 1.165) is 55.8 Å². The lowest BCUT2D eigenvalue weighted by atomic mass is 9.88. The second-order valence-corrected chi connectivity index (χ2v) is 9.39. The number of carbonyl (C=O) groups is 2. The minimum absolute atomic E-state index is 0.109. The lowest BCUT2D eigenvalue weighted by molar-refractivity contribution is 0.0724. The standard InChI is InChI=1S/C20H24N2O2S2/c1-13-7-8-14-16(12-13)26-19(21-18(23)15-6-5-11-25-15)17(14)20(24)22-9-3-2-4-10-22/h5-6,11,13H,2-4,7-10,12H2,1H3,(H,21,23)/t13-/m0/s1. The van der Waals surface area contributed by atoms with Gasteiger partial charge in [-0.15, -0.1) is 22.7 Å². The van der Waals surface area contributed by atoms with Crippen molar-refractivity contribution in [1.82, 2.24) is 4.90 Å². The Morgan fingerprint density at radius 3 is 2.77 bits per heavy atom. The van der Waals surface area contributed by atoms with Gasteiger partial charge in [-0.2, -0.15) is 0 Å². The van der Waals surface area contributed by atoms with Crippen molar-refractivity contribution in [2.45, 2.75) is 45.4 Å². The highest BCUT2D eigenvalue weighted by molar-refractivity contribution is 7.17. The molecule has 0 spiro atoms. The van der Waals surface area contributed by atoms with E-state index in [0.29, 0.717) is 10.8 Å². The summed E-state index contributed by atoms with van der Waals surface area (Å²) < 4.78 is 0. The molecule has 1 aliphatic heterocycles. The molecule has 0 radical (unpaired) electrons. The molecule has 0 unspecified atom stereocenters. The van der Waals surface area contributed by atoms with Crippen molar-refractivity contribution in [3.63, 3.8) is 0 Å². The van der Waals surface area contributed by atoms with Gasteiger partial charge in [0.2, 0.25) is 0 Å². The second-order valence-electron chi connectivity index (χ2n) is 7.34. The summed E-state index contributed by atoms with van der Waals surface area (Å²) in [6, 6.07) is 3.70. The summed E-state index contributed by atoms with van der Waals surface area (Å²) in [7, 11) is 0. The third-order valence-corrected chi connectivity index (χ3v) is 7.38. The molecule has 4 rings (SSSR count). The highest BCUT2D eigenvalue weighted by atomic mass is 32.1. The van der Waals surface area contributed by atoms with E-state index in [4.69, 9.17) is 0 Å². The maximum atomic E-state index is 13.3. The number of piperidine rings is 1. The topological polar surface area (TPSA) is 49.4 Å². The van der Waals surface area contributed by atoms with E-state index in [9.17, 15) is 9.59 Å². The molecule has 0 aromatic carbocycles.